The molecule has 0 atom stereocenters. The lowest BCUT2D eigenvalue weighted by molar-refractivity contribution is 0.242. The molecule has 0 saturated heterocycles. The van der Waals surface area contributed by atoms with Crippen LogP contribution in [-0.2, 0) is 0 Å². The molecular weight excluding hydrogens is 262 g/mol. The van der Waals surface area contributed by atoms with Gasteiger partial charge in [-0.3, -0.25) is 0 Å². The molecule has 0 bridgehead atoms. The predicted octanol–water partition coefficient (Wildman–Crippen LogP) is 4.97. The first-order valence-electron chi connectivity index (χ1n) is 7.29. The van der Waals surface area contributed by atoms with Gasteiger partial charge < -0.3 is 15.2 Å². The molecule has 0 aliphatic rings. The van der Waals surface area contributed by atoms with Gasteiger partial charge in [0.15, 0.2) is 0 Å². The van der Waals surface area contributed by atoms with Crippen molar-refractivity contribution < 1.29 is 9.47 Å². The second kappa shape index (κ2) is 6.53. The van der Waals surface area contributed by atoms with Crippen LogP contribution in [0.4, 0.5) is 5.69 Å². The number of nitrogens with two attached hydrogens (primary N) is 1. The molecule has 0 heterocycles. The third kappa shape index (κ3) is 4.42. The predicted molar refractivity (Wildman–Crippen MR) is 87.2 cm³/mol. The largest absolute Gasteiger partial charge is 0.491 e. The summed E-state index contributed by atoms with van der Waals surface area (Å²) in [5, 5.41) is 0. The SMILES string of the molecule is CC(C)Oc1cc(N)cc(Oc2cccc(C(C)C)c2)c1. The molecule has 3 heteroatoms. The number of nitrogen functional groups attached to an aromatic ring is 1. The molecule has 2 aromatic rings. The normalized spacial score (nSPS) is 11.0. The topological polar surface area (TPSA) is 44.5 Å². The van der Waals surface area contributed by atoms with Crippen molar-refractivity contribution in [1.82, 2.24) is 0 Å². The summed E-state index contributed by atoms with van der Waals surface area (Å²) >= 11 is 0. The monoisotopic (exact) mass is 285 g/mol. The fourth-order valence-corrected chi connectivity index (χ4v) is 2.07. The highest BCUT2D eigenvalue weighted by atomic mass is 16.5. The summed E-state index contributed by atoms with van der Waals surface area (Å²) in [7, 11) is 0. The van der Waals surface area contributed by atoms with Gasteiger partial charge in [0, 0.05) is 23.9 Å². The fourth-order valence-electron chi connectivity index (χ4n) is 2.07. The average molecular weight is 285 g/mol. The molecule has 0 radical (unpaired) electrons. The highest BCUT2D eigenvalue weighted by Gasteiger charge is 2.06. The zero-order chi connectivity index (χ0) is 15.4. The van der Waals surface area contributed by atoms with E-state index in [4.69, 9.17) is 15.2 Å². The summed E-state index contributed by atoms with van der Waals surface area (Å²) in [5.41, 5.74) is 7.78. The molecule has 0 aliphatic carbocycles. The van der Waals surface area contributed by atoms with E-state index in [0.717, 1.165) is 11.5 Å². The van der Waals surface area contributed by atoms with E-state index in [1.165, 1.54) is 5.56 Å². The maximum atomic E-state index is 5.91. The number of hydrogen-bond donors (Lipinski definition) is 1. The van der Waals surface area contributed by atoms with E-state index in [2.05, 4.69) is 26.0 Å². The van der Waals surface area contributed by atoms with E-state index in [1.54, 1.807) is 12.1 Å². The number of benzene rings is 2. The molecule has 2 aromatic carbocycles. The lowest BCUT2D eigenvalue weighted by Crippen LogP contribution is -2.05. The second-order valence-corrected chi connectivity index (χ2v) is 5.73. The quantitative estimate of drug-likeness (QED) is 0.789. The van der Waals surface area contributed by atoms with Crippen LogP contribution in [0.15, 0.2) is 42.5 Å². The van der Waals surface area contributed by atoms with Crippen LogP contribution in [0, 0.1) is 0 Å². The van der Waals surface area contributed by atoms with E-state index in [0.29, 0.717) is 17.4 Å². The molecule has 0 aliphatic heterocycles. The summed E-state index contributed by atoms with van der Waals surface area (Å²) in [5.74, 6) is 2.68. The molecule has 0 fully saturated rings. The van der Waals surface area contributed by atoms with Crippen LogP contribution < -0.4 is 15.2 Å². The van der Waals surface area contributed by atoms with Gasteiger partial charge >= 0.3 is 0 Å². The molecule has 0 saturated carbocycles. The first kappa shape index (κ1) is 15.2. The molecule has 2 N–H and O–H groups in total. The minimum absolute atomic E-state index is 0.101. The van der Waals surface area contributed by atoms with E-state index in [1.807, 2.05) is 32.0 Å². The van der Waals surface area contributed by atoms with E-state index < -0.39 is 0 Å². The molecule has 2 rings (SSSR count). The van der Waals surface area contributed by atoms with Gasteiger partial charge in [0.2, 0.25) is 0 Å². The van der Waals surface area contributed by atoms with Crippen LogP contribution in [0.3, 0.4) is 0 Å². The molecule has 112 valence electrons. The van der Waals surface area contributed by atoms with E-state index in [9.17, 15) is 0 Å². The van der Waals surface area contributed by atoms with Crippen LogP contribution >= 0.6 is 0 Å². The Balaban J connectivity index is 2.22. The maximum absolute atomic E-state index is 5.91. The second-order valence-electron chi connectivity index (χ2n) is 5.73. The van der Waals surface area contributed by atoms with Gasteiger partial charge in [-0.05, 0) is 37.5 Å². The zero-order valence-corrected chi connectivity index (χ0v) is 13.1. The lowest BCUT2D eigenvalue weighted by Gasteiger charge is -2.13. The number of ether oxygens (including phenoxy) is 2. The van der Waals surface area contributed by atoms with Gasteiger partial charge in [-0.15, -0.1) is 0 Å². The van der Waals surface area contributed by atoms with Gasteiger partial charge in [-0.2, -0.15) is 0 Å². The number of rotatable bonds is 5. The van der Waals surface area contributed by atoms with Crippen LogP contribution in [0.5, 0.6) is 17.2 Å². The van der Waals surface area contributed by atoms with Crippen LogP contribution in [-0.4, -0.2) is 6.10 Å². The zero-order valence-electron chi connectivity index (χ0n) is 13.1. The number of anilines is 1. The van der Waals surface area contributed by atoms with Crippen molar-refractivity contribution in [3.05, 3.63) is 48.0 Å². The first-order chi connectivity index (χ1) is 9.94. The molecule has 0 amide bonds. The minimum Gasteiger partial charge on any atom is -0.491 e. The van der Waals surface area contributed by atoms with Crippen LogP contribution in [0.1, 0.15) is 39.2 Å². The van der Waals surface area contributed by atoms with E-state index >= 15 is 0 Å². The van der Waals surface area contributed by atoms with Crippen molar-refractivity contribution in [1.29, 1.82) is 0 Å². The summed E-state index contributed by atoms with van der Waals surface area (Å²) in [4.78, 5) is 0. The Labute approximate surface area is 126 Å². The standard InChI is InChI=1S/C18H23NO2/c1-12(2)14-6-5-7-16(8-14)21-18-10-15(19)9-17(11-18)20-13(3)4/h5-13H,19H2,1-4H3. The summed E-state index contributed by atoms with van der Waals surface area (Å²) in [6.45, 7) is 8.29. The Morgan fingerprint density at radius 1 is 0.857 bits per heavy atom. The molecule has 0 aromatic heterocycles. The van der Waals surface area contributed by atoms with Gasteiger partial charge in [0.1, 0.15) is 17.2 Å². The lowest BCUT2D eigenvalue weighted by atomic mass is 10.0. The van der Waals surface area contributed by atoms with Gasteiger partial charge in [-0.25, -0.2) is 0 Å². The highest BCUT2D eigenvalue weighted by molar-refractivity contribution is 5.51. The molecule has 3 nitrogen and oxygen atoms in total. The van der Waals surface area contributed by atoms with Crippen molar-refractivity contribution >= 4 is 5.69 Å². The Hall–Kier alpha value is -2.16. The average Bonchev–Trinajstić information content (AvgIpc) is 2.37. The Bertz CT molecular complexity index is 606. The maximum Gasteiger partial charge on any atom is 0.133 e. The third-order valence-corrected chi connectivity index (χ3v) is 3.03. The van der Waals surface area contributed by atoms with Crippen molar-refractivity contribution in [3.8, 4) is 17.2 Å². The van der Waals surface area contributed by atoms with Gasteiger partial charge in [0.25, 0.3) is 0 Å². The van der Waals surface area contributed by atoms with Crippen molar-refractivity contribution in [2.24, 2.45) is 0 Å². The summed E-state index contributed by atoms with van der Waals surface area (Å²) in [6.07, 6.45) is 0.101. The van der Waals surface area contributed by atoms with Gasteiger partial charge in [0.05, 0.1) is 6.10 Å². The molecular formula is C18H23NO2. The molecule has 0 spiro atoms. The molecule has 0 unspecified atom stereocenters. The summed E-state index contributed by atoms with van der Waals surface area (Å²) in [6, 6.07) is 13.6. The molecule has 21 heavy (non-hydrogen) atoms. The van der Waals surface area contributed by atoms with Crippen molar-refractivity contribution in [2.45, 2.75) is 39.7 Å². The highest BCUT2D eigenvalue weighted by Crippen LogP contribution is 2.30. The third-order valence-electron chi connectivity index (χ3n) is 3.03. The smallest absolute Gasteiger partial charge is 0.133 e. The van der Waals surface area contributed by atoms with Crippen molar-refractivity contribution in [3.63, 3.8) is 0 Å². The Morgan fingerprint density at radius 2 is 1.57 bits per heavy atom. The first-order valence-corrected chi connectivity index (χ1v) is 7.29. The number of hydrogen-bond acceptors (Lipinski definition) is 3. The summed E-state index contributed by atoms with van der Waals surface area (Å²) < 4.78 is 11.6. The van der Waals surface area contributed by atoms with Crippen molar-refractivity contribution in [2.75, 3.05) is 5.73 Å². The van der Waals surface area contributed by atoms with Crippen LogP contribution in [0.2, 0.25) is 0 Å². The van der Waals surface area contributed by atoms with Gasteiger partial charge in [-0.1, -0.05) is 26.0 Å². The Morgan fingerprint density at radius 3 is 2.24 bits per heavy atom. The van der Waals surface area contributed by atoms with Crippen LogP contribution in [0.25, 0.3) is 0 Å². The minimum atomic E-state index is 0.101. The van der Waals surface area contributed by atoms with E-state index in [-0.39, 0.29) is 6.10 Å². The Kier molecular flexibility index (Phi) is 4.73. The fraction of sp³-hybridized carbons (Fsp3) is 0.333.